The molecule has 0 radical (unpaired) electrons. The summed E-state index contributed by atoms with van der Waals surface area (Å²) in [5.41, 5.74) is 0.347. The van der Waals surface area contributed by atoms with Crippen LogP contribution in [-0.4, -0.2) is 57.1 Å². The molecule has 184 valence electrons. The van der Waals surface area contributed by atoms with E-state index < -0.39 is 22.7 Å². The smallest absolute Gasteiger partial charge is 0.342 e. The average molecular weight is 517 g/mol. The molecule has 0 aliphatic carbocycles. The predicted octanol–water partition coefficient (Wildman–Crippen LogP) is 4.62. The van der Waals surface area contributed by atoms with Crippen LogP contribution < -0.4 is 4.90 Å². The molecule has 0 spiro atoms. The zero-order valence-corrected chi connectivity index (χ0v) is 19.5. The Kier molecular flexibility index (Phi) is 7.78. The van der Waals surface area contributed by atoms with E-state index in [2.05, 4.69) is 15.1 Å². The normalized spacial score (nSPS) is 15.3. The fraction of sp³-hybridized carbons (Fsp3) is 0.333. The van der Waals surface area contributed by atoms with Gasteiger partial charge in [0.1, 0.15) is 5.69 Å². The molecule has 34 heavy (non-hydrogen) atoms. The number of carbonyl (C=O) groups excluding carboxylic acids is 2. The van der Waals surface area contributed by atoms with Crippen LogP contribution in [0.5, 0.6) is 0 Å². The average Bonchev–Trinajstić information content (AvgIpc) is 3.36. The molecule has 2 amide bonds. The first-order valence-electron chi connectivity index (χ1n) is 9.52. The van der Waals surface area contributed by atoms with Gasteiger partial charge < -0.3 is 14.8 Å². The molecule has 0 fully saturated rings. The summed E-state index contributed by atoms with van der Waals surface area (Å²) in [6.45, 7) is 2.03. The van der Waals surface area contributed by atoms with Gasteiger partial charge in [0.2, 0.25) is 0 Å². The summed E-state index contributed by atoms with van der Waals surface area (Å²) < 4.78 is 40.7. The van der Waals surface area contributed by atoms with E-state index in [-0.39, 0.29) is 56.6 Å². The van der Waals surface area contributed by atoms with E-state index in [1.165, 1.54) is 28.3 Å². The molecule has 4 rings (SSSR count). The monoisotopic (exact) mass is 516 g/mol. The van der Waals surface area contributed by atoms with Gasteiger partial charge in [0.25, 0.3) is 11.8 Å². The predicted molar refractivity (Wildman–Crippen MR) is 128 cm³/mol. The zero-order chi connectivity index (χ0) is 23.4. The van der Waals surface area contributed by atoms with Crippen molar-refractivity contribution in [3.05, 3.63) is 52.7 Å². The lowest BCUT2D eigenvalue weighted by atomic mass is 10.1. The zero-order valence-electron chi connectivity index (χ0n) is 17.7. The van der Waals surface area contributed by atoms with Gasteiger partial charge in [-0.05, 0) is 25.1 Å². The number of H-pyrrole nitrogens is 1. The van der Waals surface area contributed by atoms with Gasteiger partial charge in [-0.3, -0.25) is 14.3 Å². The number of benzene rings is 1. The molecule has 8 nitrogen and oxygen atoms in total. The largest absolute Gasteiger partial charge is 0.417 e. The second-order valence-electron chi connectivity index (χ2n) is 7.62. The molecular weight excluding hydrogens is 493 g/mol. The maximum atomic E-state index is 13.4. The van der Waals surface area contributed by atoms with Gasteiger partial charge in [-0.15, -0.1) is 0 Å². The molecule has 0 bridgehead atoms. The molecule has 1 aliphatic heterocycles. The minimum atomic E-state index is -4.59. The number of halogens is 4. The third-order valence-corrected chi connectivity index (χ3v) is 5.46. The van der Waals surface area contributed by atoms with Gasteiger partial charge in [-0.1, -0.05) is 19.0 Å². The highest BCUT2D eigenvalue weighted by Crippen LogP contribution is 2.38. The molecule has 1 aliphatic rings. The highest BCUT2D eigenvalue weighted by molar-refractivity contribution is 7.59. The van der Waals surface area contributed by atoms with Crippen LogP contribution in [0.25, 0.3) is 11.3 Å². The van der Waals surface area contributed by atoms with Gasteiger partial charge in [-0.25, -0.2) is 4.98 Å². The van der Waals surface area contributed by atoms with Crippen molar-refractivity contribution in [1.82, 2.24) is 24.6 Å². The van der Waals surface area contributed by atoms with Crippen molar-refractivity contribution in [1.29, 1.82) is 0 Å². The van der Waals surface area contributed by atoms with Crippen LogP contribution in [-0.2, 0) is 6.18 Å². The topological polar surface area (TPSA) is 87.1 Å². The third kappa shape index (κ3) is 4.64. The van der Waals surface area contributed by atoms with Crippen molar-refractivity contribution in [3.63, 3.8) is 0 Å². The fourth-order valence-electron chi connectivity index (χ4n) is 3.56. The molecule has 1 N–H and O–H groups in total. The number of nitrogens with zero attached hydrogens (tertiary/aromatic N) is 5. The van der Waals surface area contributed by atoms with Crippen molar-refractivity contribution < 1.29 is 22.8 Å². The Morgan fingerprint density at radius 2 is 1.94 bits per heavy atom. The number of aromatic amines is 1. The van der Waals surface area contributed by atoms with Gasteiger partial charge in [-0.2, -0.15) is 31.8 Å². The number of anilines is 1. The second kappa shape index (κ2) is 9.71. The van der Waals surface area contributed by atoms with Crippen LogP contribution in [0.15, 0.2) is 30.6 Å². The maximum Gasteiger partial charge on any atom is 0.417 e. The van der Waals surface area contributed by atoms with Crippen molar-refractivity contribution in [2.45, 2.75) is 26.6 Å². The van der Waals surface area contributed by atoms with E-state index in [0.29, 0.717) is 11.3 Å². The van der Waals surface area contributed by atoms with Crippen molar-refractivity contribution >= 4 is 42.6 Å². The van der Waals surface area contributed by atoms with E-state index >= 15 is 0 Å². The minimum absolute atomic E-state index is 0. The third-order valence-electron chi connectivity index (χ3n) is 5.15. The van der Waals surface area contributed by atoms with Crippen LogP contribution in [0.4, 0.5) is 18.9 Å². The quantitative estimate of drug-likeness (QED) is 0.550. The number of fused-ring (bicyclic) bond motifs is 1. The fourth-order valence-corrected chi connectivity index (χ4v) is 3.84. The highest BCUT2D eigenvalue weighted by Gasteiger charge is 2.36. The second-order valence-corrected chi connectivity index (χ2v) is 8.03. The molecule has 3 aromatic rings. The molecule has 0 saturated heterocycles. The number of hydrogen-bond acceptors (Lipinski definition) is 4. The van der Waals surface area contributed by atoms with E-state index in [1.54, 1.807) is 18.8 Å². The van der Waals surface area contributed by atoms with Crippen LogP contribution in [0.3, 0.4) is 0 Å². The number of imidazole rings is 1. The van der Waals surface area contributed by atoms with Crippen molar-refractivity contribution in [2.24, 2.45) is 0 Å². The Morgan fingerprint density at radius 3 is 2.53 bits per heavy atom. The summed E-state index contributed by atoms with van der Waals surface area (Å²) in [5.74, 6) is -0.688. The Labute approximate surface area is 206 Å². The maximum absolute atomic E-state index is 13.4. The number of amides is 2. The number of carbonyl (C=O) groups is 2. The Morgan fingerprint density at radius 1 is 1.26 bits per heavy atom. The first-order chi connectivity index (χ1) is 15.0. The van der Waals surface area contributed by atoms with Crippen molar-refractivity contribution in [2.75, 3.05) is 25.5 Å². The lowest BCUT2D eigenvalue weighted by Gasteiger charge is -2.32. The number of hydrogen-bond donors (Lipinski definition) is 1. The van der Waals surface area contributed by atoms with Gasteiger partial charge in [0.05, 0.1) is 40.3 Å². The van der Waals surface area contributed by atoms with E-state index in [1.807, 2.05) is 6.92 Å². The Bertz CT molecular complexity index is 1220. The summed E-state index contributed by atoms with van der Waals surface area (Å²) in [7, 11) is 3.18. The summed E-state index contributed by atoms with van der Waals surface area (Å²) in [4.78, 5) is 35.2. The van der Waals surface area contributed by atoms with Crippen LogP contribution in [0.1, 0.15) is 47.1 Å². The first-order valence-corrected chi connectivity index (χ1v) is 9.90. The molecule has 0 unspecified atom stereocenters. The first kappa shape index (κ1) is 27.3. The van der Waals surface area contributed by atoms with Crippen LogP contribution >= 0.6 is 25.1 Å². The molecule has 0 saturated carbocycles. The van der Waals surface area contributed by atoms with E-state index in [4.69, 9.17) is 11.6 Å². The molecule has 1 atom stereocenters. The summed E-state index contributed by atoms with van der Waals surface area (Å²) >= 11 is 5.86. The Balaban J connectivity index is 0.00000204. The molecule has 1 aromatic carbocycles. The SMILES string of the molecule is C.C[C@H]1CN(c2ccc(C(F)(F)F)c(Cl)c2)C(=O)c2c(-c3cnc(C(=O)N(C)C)[nH]3)cnn21.S. The van der Waals surface area contributed by atoms with E-state index in [0.717, 1.165) is 12.1 Å². The molecule has 3 heterocycles. The lowest BCUT2D eigenvalue weighted by molar-refractivity contribution is -0.137. The number of nitrogens with one attached hydrogen (secondary N) is 1. The van der Waals surface area contributed by atoms with Gasteiger partial charge in [0, 0.05) is 26.3 Å². The van der Waals surface area contributed by atoms with Gasteiger partial charge in [0.15, 0.2) is 5.82 Å². The van der Waals surface area contributed by atoms with Gasteiger partial charge >= 0.3 is 6.18 Å². The van der Waals surface area contributed by atoms with Crippen LogP contribution in [0.2, 0.25) is 5.02 Å². The van der Waals surface area contributed by atoms with Crippen molar-refractivity contribution in [3.8, 4) is 11.3 Å². The Hall–Kier alpha value is -2.99. The summed E-state index contributed by atoms with van der Waals surface area (Å²) in [6, 6.07) is 2.94. The molecule has 13 heteroatoms. The number of aromatic nitrogens is 4. The number of rotatable bonds is 3. The highest BCUT2D eigenvalue weighted by atomic mass is 35.5. The van der Waals surface area contributed by atoms with E-state index in [9.17, 15) is 22.8 Å². The molecular formula is C21H24ClF3N6O2S. The standard InChI is InChI=1S/C20H18ClF3N6O2.CH4.H2S/c1-10-9-29(11-4-5-13(14(21)6-11)20(22,23)24)18(31)16-12(7-26-30(10)16)15-8-25-17(27-15)19(32)28(2)3;;/h4-8,10H,9H2,1-3H3,(H,25,27);1H4;1H2/t10-;;/m0../s1. The molecule has 2 aromatic heterocycles. The summed E-state index contributed by atoms with van der Waals surface area (Å²) in [6.07, 6.45) is -1.67. The number of alkyl halides is 3. The minimum Gasteiger partial charge on any atom is -0.342 e. The summed E-state index contributed by atoms with van der Waals surface area (Å²) in [5, 5.41) is 3.81. The lowest BCUT2D eigenvalue weighted by Crippen LogP contribution is -2.42. The van der Waals surface area contributed by atoms with Crippen LogP contribution in [0, 0.1) is 0 Å².